The molecule has 0 unspecified atom stereocenters. The Hall–Kier alpha value is -3.31. The van der Waals surface area contributed by atoms with Crippen molar-refractivity contribution < 1.29 is 14.3 Å². The number of amides is 2. The van der Waals surface area contributed by atoms with E-state index in [0.29, 0.717) is 22.0 Å². The van der Waals surface area contributed by atoms with Gasteiger partial charge in [-0.15, -0.1) is 0 Å². The van der Waals surface area contributed by atoms with E-state index in [0.717, 1.165) is 5.56 Å². The first-order chi connectivity index (χ1) is 14.0. The number of carbonyl (C=O) groups is 2. The molecule has 0 saturated heterocycles. The van der Waals surface area contributed by atoms with Crippen molar-refractivity contribution in [2.24, 2.45) is 0 Å². The van der Waals surface area contributed by atoms with Crippen LogP contribution in [0.4, 0.5) is 5.69 Å². The van der Waals surface area contributed by atoms with Gasteiger partial charge in [0.1, 0.15) is 5.75 Å². The van der Waals surface area contributed by atoms with E-state index in [9.17, 15) is 9.59 Å². The molecule has 29 heavy (non-hydrogen) atoms. The second-order valence-electron chi connectivity index (χ2n) is 6.45. The van der Waals surface area contributed by atoms with E-state index in [2.05, 4.69) is 10.6 Å². The van der Waals surface area contributed by atoms with Crippen molar-refractivity contribution in [2.75, 3.05) is 11.9 Å². The average Bonchev–Trinajstić information content (AvgIpc) is 2.73. The minimum atomic E-state index is -0.306. The molecule has 6 heteroatoms. The van der Waals surface area contributed by atoms with Gasteiger partial charge in [-0.1, -0.05) is 54.1 Å². The third-order valence-electron chi connectivity index (χ3n) is 4.25. The summed E-state index contributed by atoms with van der Waals surface area (Å²) in [5.74, 6) is -0.262. The van der Waals surface area contributed by atoms with Gasteiger partial charge in [0.05, 0.1) is 11.6 Å². The molecule has 0 radical (unpaired) electrons. The average molecular weight is 409 g/mol. The summed E-state index contributed by atoms with van der Waals surface area (Å²) in [6.07, 6.45) is 0. The maximum absolute atomic E-state index is 12.6. The fraction of sp³-hybridized carbons (Fsp3) is 0.130. The lowest BCUT2D eigenvalue weighted by atomic mass is 10.1. The van der Waals surface area contributed by atoms with Gasteiger partial charge in [-0.25, -0.2) is 0 Å². The maximum Gasteiger partial charge on any atom is 0.259 e. The highest BCUT2D eigenvalue weighted by Gasteiger charge is 2.15. The van der Waals surface area contributed by atoms with Crippen molar-refractivity contribution in [1.29, 1.82) is 0 Å². The molecular weight excluding hydrogens is 388 g/mol. The molecule has 5 nitrogen and oxygen atoms in total. The summed E-state index contributed by atoms with van der Waals surface area (Å²) >= 11 is 6.00. The maximum atomic E-state index is 12.6. The number of ether oxygens (including phenoxy) is 1. The molecule has 3 aromatic carbocycles. The second-order valence-corrected chi connectivity index (χ2v) is 6.89. The number of anilines is 1. The fourth-order valence-corrected chi connectivity index (χ4v) is 2.98. The number of halogens is 1. The largest absolute Gasteiger partial charge is 0.483 e. The van der Waals surface area contributed by atoms with Gasteiger partial charge in [-0.05, 0) is 48.9 Å². The number of carbonyl (C=O) groups excluding carboxylic acids is 2. The Morgan fingerprint density at radius 3 is 2.45 bits per heavy atom. The first-order valence-corrected chi connectivity index (χ1v) is 9.54. The Balaban J connectivity index is 1.60. The van der Waals surface area contributed by atoms with Crippen LogP contribution in [-0.2, 0) is 4.79 Å². The van der Waals surface area contributed by atoms with Crippen LogP contribution in [0.3, 0.4) is 0 Å². The lowest BCUT2D eigenvalue weighted by molar-refractivity contribution is -0.123. The molecule has 0 aliphatic carbocycles. The summed E-state index contributed by atoms with van der Waals surface area (Å²) in [6, 6.07) is 23.0. The standard InChI is InChI=1S/C23H21ClN2O3/c1-16(17-8-7-9-18(24)14-17)25-22(27)15-29-21-13-6-5-12-20(21)23(28)26-19-10-3-2-4-11-19/h2-14,16H,15H2,1H3,(H,25,27)(H,26,28)/t16-/m1/s1. The second kappa shape index (κ2) is 9.75. The van der Waals surface area contributed by atoms with Crippen molar-refractivity contribution in [3.8, 4) is 5.75 Å². The van der Waals surface area contributed by atoms with Gasteiger partial charge in [0.25, 0.3) is 11.8 Å². The third-order valence-corrected chi connectivity index (χ3v) is 4.48. The molecule has 3 rings (SSSR count). The fourth-order valence-electron chi connectivity index (χ4n) is 2.79. The number of para-hydroxylation sites is 2. The highest BCUT2D eigenvalue weighted by molar-refractivity contribution is 6.30. The van der Waals surface area contributed by atoms with Crippen molar-refractivity contribution in [1.82, 2.24) is 5.32 Å². The number of rotatable bonds is 7. The van der Waals surface area contributed by atoms with E-state index < -0.39 is 0 Å². The number of nitrogens with one attached hydrogen (secondary N) is 2. The zero-order chi connectivity index (χ0) is 20.6. The quantitative estimate of drug-likeness (QED) is 0.587. The minimum absolute atomic E-state index is 0.208. The Labute approximate surface area is 174 Å². The number of hydrogen-bond donors (Lipinski definition) is 2. The monoisotopic (exact) mass is 408 g/mol. The van der Waals surface area contributed by atoms with Crippen LogP contribution in [0.5, 0.6) is 5.75 Å². The zero-order valence-corrected chi connectivity index (χ0v) is 16.6. The van der Waals surface area contributed by atoms with Gasteiger partial charge in [0.2, 0.25) is 0 Å². The van der Waals surface area contributed by atoms with Crippen molar-refractivity contribution in [3.63, 3.8) is 0 Å². The molecule has 2 amide bonds. The van der Waals surface area contributed by atoms with Crippen LogP contribution >= 0.6 is 11.6 Å². The van der Waals surface area contributed by atoms with Crippen molar-refractivity contribution in [3.05, 3.63) is 95.0 Å². The lowest BCUT2D eigenvalue weighted by Gasteiger charge is -2.16. The smallest absolute Gasteiger partial charge is 0.259 e. The summed E-state index contributed by atoms with van der Waals surface area (Å²) in [5.41, 5.74) is 1.93. The molecule has 0 aliphatic rings. The molecule has 3 aromatic rings. The highest BCUT2D eigenvalue weighted by atomic mass is 35.5. The molecule has 2 N–H and O–H groups in total. The zero-order valence-electron chi connectivity index (χ0n) is 15.9. The first kappa shape index (κ1) is 20.4. The normalized spacial score (nSPS) is 11.4. The molecule has 148 valence electrons. The van der Waals surface area contributed by atoms with Gasteiger partial charge in [0.15, 0.2) is 6.61 Å². The van der Waals surface area contributed by atoms with Crippen LogP contribution in [0.25, 0.3) is 0 Å². The molecule has 0 saturated carbocycles. The summed E-state index contributed by atoms with van der Waals surface area (Å²) in [6.45, 7) is 1.66. The molecule has 0 bridgehead atoms. The molecule has 0 aromatic heterocycles. The van der Waals surface area contributed by atoms with Crippen LogP contribution in [0, 0.1) is 0 Å². The topological polar surface area (TPSA) is 67.4 Å². The number of benzene rings is 3. The predicted octanol–water partition coefficient (Wildman–Crippen LogP) is 4.85. The molecule has 1 atom stereocenters. The Morgan fingerprint density at radius 2 is 1.69 bits per heavy atom. The molecule has 0 spiro atoms. The van der Waals surface area contributed by atoms with Crippen LogP contribution < -0.4 is 15.4 Å². The summed E-state index contributed by atoms with van der Waals surface area (Å²) < 4.78 is 5.62. The minimum Gasteiger partial charge on any atom is -0.483 e. The number of hydrogen-bond acceptors (Lipinski definition) is 3. The van der Waals surface area contributed by atoms with E-state index in [1.54, 1.807) is 48.5 Å². The van der Waals surface area contributed by atoms with Crippen molar-refractivity contribution in [2.45, 2.75) is 13.0 Å². The summed E-state index contributed by atoms with van der Waals surface area (Å²) in [7, 11) is 0. The van der Waals surface area contributed by atoms with Crippen LogP contribution in [0.1, 0.15) is 28.9 Å². The lowest BCUT2D eigenvalue weighted by Crippen LogP contribution is -2.31. The van der Waals surface area contributed by atoms with E-state index in [4.69, 9.17) is 16.3 Å². The molecule has 0 aliphatic heterocycles. The molecule has 0 fully saturated rings. The Kier molecular flexibility index (Phi) is 6.87. The van der Waals surface area contributed by atoms with Crippen LogP contribution in [0.2, 0.25) is 5.02 Å². The van der Waals surface area contributed by atoms with E-state index >= 15 is 0 Å². The Morgan fingerprint density at radius 1 is 0.966 bits per heavy atom. The summed E-state index contributed by atoms with van der Waals surface area (Å²) in [5, 5.41) is 6.28. The first-order valence-electron chi connectivity index (χ1n) is 9.16. The highest BCUT2D eigenvalue weighted by Crippen LogP contribution is 2.20. The van der Waals surface area contributed by atoms with Gasteiger partial charge >= 0.3 is 0 Å². The van der Waals surface area contributed by atoms with Crippen LogP contribution in [0.15, 0.2) is 78.9 Å². The summed E-state index contributed by atoms with van der Waals surface area (Å²) in [4.78, 5) is 24.9. The van der Waals surface area contributed by atoms with E-state index in [-0.39, 0.29) is 24.5 Å². The van der Waals surface area contributed by atoms with Gasteiger partial charge in [0, 0.05) is 10.7 Å². The SMILES string of the molecule is C[C@@H](NC(=O)COc1ccccc1C(=O)Nc1ccccc1)c1cccc(Cl)c1. The molecular formula is C23H21ClN2O3. The third kappa shape index (κ3) is 5.83. The molecule has 0 heterocycles. The van der Waals surface area contributed by atoms with E-state index in [1.165, 1.54) is 0 Å². The van der Waals surface area contributed by atoms with Gasteiger partial charge in [-0.2, -0.15) is 0 Å². The van der Waals surface area contributed by atoms with Gasteiger partial charge in [-0.3, -0.25) is 9.59 Å². The van der Waals surface area contributed by atoms with Crippen molar-refractivity contribution >= 4 is 29.1 Å². The van der Waals surface area contributed by atoms with Gasteiger partial charge < -0.3 is 15.4 Å². The Bertz CT molecular complexity index is 992. The predicted molar refractivity (Wildman–Crippen MR) is 114 cm³/mol. The van der Waals surface area contributed by atoms with E-state index in [1.807, 2.05) is 37.3 Å². The van der Waals surface area contributed by atoms with Crippen LogP contribution in [-0.4, -0.2) is 18.4 Å².